The number of nitrogens with zero attached hydrogens (tertiary/aromatic N) is 3. The van der Waals surface area contributed by atoms with Gasteiger partial charge < -0.3 is 14.5 Å². The van der Waals surface area contributed by atoms with Crippen molar-refractivity contribution in [2.45, 2.75) is 51.1 Å². The van der Waals surface area contributed by atoms with Crippen molar-refractivity contribution in [3.8, 4) is 0 Å². The monoisotopic (exact) mass is 505 g/mol. The topological polar surface area (TPSA) is 106 Å². The molecule has 0 unspecified atom stereocenters. The minimum atomic E-state index is -6.12. The number of benzene rings is 1. The van der Waals surface area contributed by atoms with Crippen molar-refractivity contribution >= 4 is 33.4 Å². The molecule has 0 aromatic heterocycles. The summed E-state index contributed by atoms with van der Waals surface area (Å²) in [5.41, 5.74) is -6.42. The normalized spacial score (nSPS) is 19.5. The minimum absolute atomic E-state index is 0.0240. The lowest BCUT2D eigenvalue weighted by Gasteiger charge is -2.39. The molecule has 1 spiro atoms. The fraction of sp³-hybridized carbons (Fsp3) is 0.571. The molecule has 0 bridgehead atoms. The molecular formula is C21H26F3N3O6S. The number of anilines is 1. The van der Waals surface area contributed by atoms with E-state index in [0.717, 1.165) is 31.7 Å². The van der Waals surface area contributed by atoms with Gasteiger partial charge in [-0.05, 0) is 37.8 Å². The number of rotatable bonds is 6. The lowest BCUT2D eigenvalue weighted by atomic mass is 9.75. The molecular weight excluding hydrogens is 479 g/mol. The molecule has 1 aromatic rings. The third-order valence-corrected chi connectivity index (χ3v) is 7.55. The van der Waals surface area contributed by atoms with E-state index in [1.807, 2.05) is 0 Å². The second kappa shape index (κ2) is 9.80. The Labute approximate surface area is 195 Å². The smallest absolute Gasteiger partial charge is 0.449 e. The molecule has 1 saturated heterocycles. The van der Waals surface area contributed by atoms with E-state index in [1.165, 1.54) is 37.1 Å². The summed E-state index contributed by atoms with van der Waals surface area (Å²) in [5, 5.41) is 3.97. The highest BCUT2D eigenvalue weighted by Gasteiger charge is 2.54. The van der Waals surface area contributed by atoms with E-state index in [1.54, 1.807) is 0 Å². The summed E-state index contributed by atoms with van der Waals surface area (Å²) >= 11 is 0. The van der Waals surface area contributed by atoms with Crippen molar-refractivity contribution in [3.05, 3.63) is 29.8 Å². The van der Waals surface area contributed by atoms with Crippen molar-refractivity contribution in [3.63, 3.8) is 0 Å². The second-order valence-electron chi connectivity index (χ2n) is 8.13. The van der Waals surface area contributed by atoms with Gasteiger partial charge in [-0.1, -0.05) is 36.2 Å². The number of hydrogen-bond acceptors (Lipinski definition) is 7. The SMILES string of the molecule is CCOC(=O)N(c1ccccc1CN1CCC2(CCCC2)/C(=N\OC)C1=O)S(=O)(=O)C(F)(F)F. The van der Waals surface area contributed by atoms with Crippen molar-refractivity contribution < 1.29 is 40.8 Å². The average Bonchev–Trinajstić information content (AvgIpc) is 3.23. The third kappa shape index (κ3) is 4.70. The van der Waals surface area contributed by atoms with E-state index in [2.05, 4.69) is 9.89 Å². The molecule has 1 heterocycles. The van der Waals surface area contributed by atoms with E-state index in [-0.39, 0.29) is 24.4 Å². The summed E-state index contributed by atoms with van der Waals surface area (Å²) in [4.78, 5) is 31.9. The number of likely N-dealkylation sites (tertiary alicyclic amines) is 1. The van der Waals surface area contributed by atoms with Crippen LogP contribution in [0.15, 0.2) is 29.4 Å². The quantitative estimate of drug-likeness (QED) is 0.545. The Bertz CT molecular complexity index is 1070. The molecule has 0 radical (unpaired) electrons. The fourth-order valence-electron chi connectivity index (χ4n) is 4.52. The number of alkyl halides is 3. The first kappa shape index (κ1) is 25.8. The maximum atomic E-state index is 13.4. The van der Waals surface area contributed by atoms with E-state index < -0.39 is 42.9 Å². The summed E-state index contributed by atoms with van der Waals surface area (Å²) in [6, 6.07) is 5.18. The van der Waals surface area contributed by atoms with Crippen LogP contribution < -0.4 is 4.31 Å². The maximum Gasteiger partial charge on any atom is 0.517 e. The number of amides is 2. The van der Waals surface area contributed by atoms with Crippen molar-refractivity contribution in [1.29, 1.82) is 0 Å². The lowest BCUT2D eigenvalue weighted by molar-refractivity contribution is -0.127. The molecule has 1 aliphatic carbocycles. The minimum Gasteiger partial charge on any atom is -0.449 e. The van der Waals surface area contributed by atoms with Crippen LogP contribution in [0.3, 0.4) is 0 Å². The molecule has 13 heteroatoms. The highest BCUT2D eigenvalue weighted by Crippen LogP contribution is 2.45. The Kier molecular flexibility index (Phi) is 7.44. The standard InChI is InChI=1S/C21H26F3N3O6S/c1-3-33-19(29)27(34(30,31)21(22,23)24)16-9-5-4-8-15(16)14-26-13-12-20(10-6-7-11-20)17(18(26)28)25-32-2/h4-5,8-9H,3,6-7,10-14H2,1-2H3/b25-17-. The molecule has 9 nitrogen and oxygen atoms in total. The van der Waals surface area contributed by atoms with Crippen molar-refractivity contribution in [1.82, 2.24) is 4.90 Å². The Balaban J connectivity index is 1.99. The highest BCUT2D eigenvalue weighted by molar-refractivity contribution is 7.94. The zero-order valence-corrected chi connectivity index (χ0v) is 19.6. The zero-order chi connectivity index (χ0) is 25.1. The molecule has 0 N–H and O–H groups in total. The van der Waals surface area contributed by atoms with Crippen LogP contribution in [0.25, 0.3) is 0 Å². The number of hydrogen-bond donors (Lipinski definition) is 0. The molecule has 1 aromatic carbocycles. The van der Waals surface area contributed by atoms with Crippen LogP contribution in [-0.2, 0) is 30.9 Å². The van der Waals surface area contributed by atoms with Gasteiger partial charge in [0.15, 0.2) is 5.71 Å². The Morgan fingerprint density at radius 3 is 2.44 bits per heavy atom. The Morgan fingerprint density at radius 1 is 1.21 bits per heavy atom. The van der Waals surface area contributed by atoms with E-state index >= 15 is 0 Å². The van der Waals surface area contributed by atoms with Gasteiger partial charge in [0.1, 0.15) is 7.11 Å². The van der Waals surface area contributed by atoms with Crippen LogP contribution in [0.4, 0.5) is 23.7 Å². The van der Waals surface area contributed by atoms with Gasteiger partial charge in [0.2, 0.25) is 0 Å². The number of piperidine rings is 1. The summed E-state index contributed by atoms with van der Waals surface area (Å²) in [7, 11) is -4.79. The van der Waals surface area contributed by atoms with Crippen LogP contribution in [-0.4, -0.2) is 56.8 Å². The molecule has 1 aliphatic heterocycles. The molecule has 2 fully saturated rings. The first-order valence-corrected chi connectivity index (χ1v) is 12.2. The second-order valence-corrected chi connectivity index (χ2v) is 9.91. The van der Waals surface area contributed by atoms with Crippen LogP contribution in [0.1, 0.15) is 44.6 Å². The predicted octanol–water partition coefficient (Wildman–Crippen LogP) is 3.79. The number of carbonyl (C=O) groups is 2. The average molecular weight is 506 g/mol. The van der Waals surface area contributed by atoms with Gasteiger partial charge in [0.05, 0.1) is 12.3 Å². The number of ether oxygens (including phenoxy) is 1. The third-order valence-electron chi connectivity index (χ3n) is 6.13. The predicted molar refractivity (Wildman–Crippen MR) is 116 cm³/mol. The number of halogens is 3. The fourth-order valence-corrected chi connectivity index (χ4v) is 5.42. The molecule has 2 amide bonds. The molecule has 1 saturated carbocycles. The van der Waals surface area contributed by atoms with Crippen LogP contribution in [0.2, 0.25) is 0 Å². The first-order chi connectivity index (χ1) is 16.0. The maximum absolute atomic E-state index is 13.4. The van der Waals surface area contributed by atoms with Gasteiger partial charge in [-0.25, -0.2) is 4.79 Å². The summed E-state index contributed by atoms with van der Waals surface area (Å²) in [5.74, 6) is -0.439. The van der Waals surface area contributed by atoms with E-state index in [9.17, 15) is 31.2 Å². The molecule has 3 rings (SSSR count). The van der Waals surface area contributed by atoms with Gasteiger partial charge in [-0.3, -0.25) is 4.79 Å². The molecule has 0 atom stereocenters. The summed E-state index contributed by atoms with van der Waals surface area (Å²) in [6.45, 7) is 1.05. The van der Waals surface area contributed by atoms with Gasteiger partial charge in [-0.15, -0.1) is 0 Å². The highest BCUT2D eigenvalue weighted by atomic mass is 32.2. The van der Waals surface area contributed by atoms with Crippen LogP contribution in [0, 0.1) is 5.41 Å². The van der Waals surface area contributed by atoms with Crippen LogP contribution >= 0.6 is 0 Å². The van der Waals surface area contributed by atoms with Crippen molar-refractivity contribution in [2.75, 3.05) is 24.6 Å². The zero-order valence-electron chi connectivity index (χ0n) is 18.8. The molecule has 2 aliphatic rings. The first-order valence-electron chi connectivity index (χ1n) is 10.8. The molecule has 188 valence electrons. The summed E-state index contributed by atoms with van der Waals surface area (Å²) < 4.78 is 68.9. The van der Waals surface area contributed by atoms with Gasteiger partial charge in [0, 0.05) is 18.5 Å². The number of para-hydroxylation sites is 1. The molecule has 34 heavy (non-hydrogen) atoms. The van der Waals surface area contributed by atoms with Gasteiger partial charge >= 0.3 is 21.6 Å². The van der Waals surface area contributed by atoms with E-state index in [0.29, 0.717) is 13.0 Å². The van der Waals surface area contributed by atoms with E-state index in [4.69, 9.17) is 4.84 Å². The number of oxime groups is 1. The van der Waals surface area contributed by atoms with Crippen molar-refractivity contribution in [2.24, 2.45) is 10.6 Å². The largest absolute Gasteiger partial charge is 0.517 e. The number of carbonyl (C=O) groups excluding carboxylic acids is 2. The Morgan fingerprint density at radius 2 is 1.85 bits per heavy atom. The number of sulfonamides is 1. The van der Waals surface area contributed by atoms with Gasteiger partial charge in [0.25, 0.3) is 5.91 Å². The Hall–Kier alpha value is -2.83. The van der Waals surface area contributed by atoms with Gasteiger partial charge in [-0.2, -0.15) is 25.9 Å². The summed E-state index contributed by atoms with van der Waals surface area (Å²) in [6.07, 6.45) is 2.36. The lowest BCUT2D eigenvalue weighted by Crippen LogP contribution is -2.51. The van der Waals surface area contributed by atoms with Crippen LogP contribution in [0.5, 0.6) is 0 Å².